The van der Waals surface area contributed by atoms with Gasteiger partial charge in [0.15, 0.2) is 5.79 Å². The van der Waals surface area contributed by atoms with Gasteiger partial charge < -0.3 is 33.5 Å². The molecular formula is C27H33BrO8. The molecule has 0 saturated carbocycles. The number of halogens is 1. The number of hydrogen-bond acceptors (Lipinski definition) is 8. The van der Waals surface area contributed by atoms with Crippen molar-refractivity contribution in [1.29, 1.82) is 0 Å². The Labute approximate surface area is 219 Å². The highest BCUT2D eigenvalue weighted by Gasteiger charge is 2.68. The minimum absolute atomic E-state index is 0.0148. The number of aliphatic hydroxyl groups is 1. The van der Waals surface area contributed by atoms with Crippen molar-refractivity contribution in [3.8, 4) is 0 Å². The molecule has 6 aliphatic rings. The predicted molar refractivity (Wildman–Crippen MR) is 132 cm³/mol. The molecule has 7 unspecified atom stereocenters. The van der Waals surface area contributed by atoms with Crippen molar-refractivity contribution in [1.82, 2.24) is 0 Å². The first-order chi connectivity index (χ1) is 17.4. The zero-order valence-corrected chi connectivity index (χ0v) is 21.7. The monoisotopic (exact) mass is 564 g/mol. The molecule has 1 aromatic rings. The Hall–Kier alpha value is -1.33. The largest absolute Gasteiger partial charge is 0.458 e. The molecule has 1 aromatic carbocycles. The highest BCUT2D eigenvalue weighted by molar-refractivity contribution is 9.11. The maximum Gasteiger partial charge on any atom is 0.338 e. The van der Waals surface area contributed by atoms with Gasteiger partial charge in [0.05, 0.1) is 23.9 Å². The molecule has 7 rings (SSSR count). The number of hydrogen-bond donors (Lipinski definition) is 1. The first-order valence-electron chi connectivity index (χ1n) is 13.0. The van der Waals surface area contributed by atoms with Gasteiger partial charge in [-0.2, -0.15) is 0 Å². The zero-order chi connectivity index (χ0) is 24.9. The number of rotatable bonds is 9. The predicted octanol–water partition coefficient (Wildman–Crippen LogP) is 3.64. The van der Waals surface area contributed by atoms with Gasteiger partial charge in [-0.25, -0.2) is 4.79 Å². The van der Waals surface area contributed by atoms with E-state index < -0.39 is 5.79 Å². The average Bonchev–Trinajstić information content (AvgIpc) is 3.28. The van der Waals surface area contributed by atoms with Crippen LogP contribution in [-0.4, -0.2) is 78.4 Å². The van der Waals surface area contributed by atoms with E-state index in [4.69, 9.17) is 28.4 Å². The molecule has 10 atom stereocenters. The van der Waals surface area contributed by atoms with Crippen LogP contribution in [0.25, 0.3) is 0 Å². The molecule has 8 nitrogen and oxygen atoms in total. The molecule has 6 aliphatic heterocycles. The molecule has 0 spiro atoms. The lowest BCUT2D eigenvalue weighted by molar-refractivity contribution is -0.293. The SMILES string of the molecule is C=C(Br)CC(CC[C@@]12CC3OC4C(O1)[C@H]1OC(CCO)CCC1O[C@H]4C3O2)OC(=O)c1ccccc1. The van der Waals surface area contributed by atoms with E-state index in [2.05, 4.69) is 22.5 Å². The lowest BCUT2D eigenvalue weighted by Crippen LogP contribution is -2.61. The van der Waals surface area contributed by atoms with E-state index in [0.717, 1.165) is 17.3 Å². The summed E-state index contributed by atoms with van der Waals surface area (Å²) >= 11 is 3.43. The van der Waals surface area contributed by atoms with Crippen molar-refractivity contribution in [3.05, 3.63) is 47.0 Å². The molecule has 0 aliphatic carbocycles. The fourth-order valence-corrected chi connectivity index (χ4v) is 6.82. The van der Waals surface area contributed by atoms with E-state index in [0.29, 0.717) is 37.7 Å². The molecule has 0 radical (unpaired) electrons. The van der Waals surface area contributed by atoms with Gasteiger partial charge in [-0.3, -0.25) is 0 Å². The smallest absolute Gasteiger partial charge is 0.338 e. The Balaban J connectivity index is 1.18. The molecule has 36 heavy (non-hydrogen) atoms. The minimum Gasteiger partial charge on any atom is -0.458 e. The number of aliphatic hydroxyl groups excluding tert-OH is 1. The van der Waals surface area contributed by atoms with Crippen molar-refractivity contribution in [2.45, 2.75) is 106 Å². The number of carbonyl (C=O) groups excluding carboxylic acids is 1. The van der Waals surface area contributed by atoms with Crippen LogP contribution in [0.2, 0.25) is 0 Å². The average molecular weight is 565 g/mol. The van der Waals surface area contributed by atoms with Gasteiger partial charge in [0.1, 0.15) is 36.6 Å². The lowest BCUT2D eigenvalue weighted by atomic mass is 9.87. The molecule has 1 N–H and O–H groups in total. The highest BCUT2D eigenvalue weighted by atomic mass is 79.9. The maximum atomic E-state index is 12.7. The second-order valence-electron chi connectivity index (χ2n) is 10.5. The van der Waals surface area contributed by atoms with E-state index in [9.17, 15) is 9.90 Å². The molecule has 6 heterocycles. The summed E-state index contributed by atoms with van der Waals surface area (Å²) in [5.74, 6) is -1.21. The third-order valence-electron chi connectivity index (χ3n) is 8.06. The topological polar surface area (TPSA) is 92.7 Å². The second-order valence-corrected chi connectivity index (χ2v) is 11.6. The second kappa shape index (κ2) is 10.1. The first-order valence-corrected chi connectivity index (χ1v) is 13.8. The summed E-state index contributed by atoms with van der Waals surface area (Å²) < 4.78 is 39.2. The Bertz CT molecular complexity index is 974. The quantitative estimate of drug-likeness (QED) is 0.454. The number of esters is 1. The number of carbonyl (C=O) groups is 1. The van der Waals surface area contributed by atoms with Crippen LogP contribution in [0.1, 0.15) is 55.3 Å². The molecule has 6 bridgehead atoms. The summed E-state index contributed by atoms with van der Waals surface area (Å²) in [4.78, 5) is 12.7. The Morgan fingerprint density at radius 2 is 1.81 bits per heavy atom. The van der Waals surface area contributed by atoms with Crippen molar-refractivity contribution in [2.24, 2.45) is 0 Å². The van der Waals surface area contributed by atoms with Crippen LogP contribution in [-0.2, 0) is 28.4 Å². The Morgan fingerprint density at radius 1 is 1.06 bits per heavy atom. The Kier molecular flexibility index (Phi) is 7.00. The van der Waals surface area contributed by atoms with Crippen LogP contribution in [0.5, 0.6) is 0 Å². The van der Waals surface area contributed by atoms with E-state index in [-0.39, 0.29) is 67.5 Å². The van der Waals surface area contributed by atoms with Crippen LogP contribution in [0.4, 0.5) is 0 Å². The summed E-state index contributed by atoms with van der Waals surface area (Å²) in [5, 5.41) is 9.42. The number of ether oxygens (including phenoxy) is 6. The van der Waals surface area contributed by atoms with E-state index in [1.807, 2.05) is 18.2 Å². The van der Waals surface area contributed by atoms with Gasteiger partial charge >= 0.3 is 5.97 Å². The van der Waals surface area contributed by atoms with Gasteiger partial charge in [0.2, 0.25) is 0 Å². The summed E-state index contributed by atoms with van der Waals surface area (Å²) in [6.45, 7) is 4.05. The molecule has 9 heteroatoms. The van der Waals surface area contributed by atoms with E-state index in [1.54, 1.807) is 12.1 Å². The standard InChI is InChI=1S/C27H33BrO8/c1-15(28)13-18(32-26(30)16-5-3-2-4-6-16)9-11-27-14-20-22(35-27)23-24(34-20)25(36-27)21-19(33-23)8-7-17(31-21)10-12-29/h2-6,17-25,29H,1,7-14H2/t17?,18?,19?,20?,21-,22?,23-,24?,25?,27-/m0/s1. The molecule has 0 aromatic heterocycles. The van der Waals surface area contributed by atoms with Crippen LogP contribution in [0, 0.1) is 0 Å². The van der Waals surface area contributed by atoms with Gasteiger partial charge in [-0.1, -0.05) is 40.7 Å². The van der Waals surface area contributed by atoms with E-state index >= 15 is 0 Å². The fourth-order valence-electron chi connectivity index (χ4n) is 6.46. The third-order valence-corrected chi connectivity index (χ3v) is 8.38. The summed E-state index contributed by atoms with van der Waals surface area (Å²) in [7, 11) is 0. The number of benzene rings is 1. The normalized spacial score (nSPS) is 40.9. The van der Waals surface area contributed by atoms with Crippen LogP contribution in [0.3, 0.4) is 0 Å². The molecule has 0 amide bonds. The van der Waals surface area contributed by atoms with Crippen molar-refractivity contribution in [3.63, 3.8) is 0 Å². The summed E-state index contributed by atoms with van der Waals surface area (Å²) in [6.07, 6.45) is 2.84. The van der Waals surface area contributed by atoms with Crippen LogP contribution >= 0.6 is 15.9 Å². The van der Waals surface area contributed by atoms with Crippen molar-refractivity contribution in [2.75, 3.05) is 6.61 Å². The van der Waals surface area contributed by atoms with Crippen LogP contribution in [0.15, 0.2) is 41.4 Å². The van der Waals surface area contributed by atoms with Gasteiger partial charge in [-0.05, 0) is 42.3 Å². The molecular weight excluding hydrogens is 532 g/mol. The zero-order valence-electron chi connectivity index (χ0n) is 20.1. The van der Waals surface area contributed by atoms with Gasteiger partial charge in [0, 0.05) is 25.9 Å². The van der Waals surface area contributed by atoms with Gasteiger partial charge in [0.25, 0.3) is 0 Å². The van der Waals surface area contributed by atoms with E-state index in [1.165, 1.54) is 0 Å². The van der Waals surface area contributed by atoms with Crippen molar-refractivity contribution < 1.29 is 38.3 Å². The van der Waals surface area contributed by atoms with Gasteiger partial charge in [-0.15, -0.1) is 0 Å². The molecule has 6 saturated heterocycles. The third kappa shape index (κ3) is 4.68. The fraction of sp³-hybridized carbons (Fsp3) is 0.667. The van der Waals surface area contributed by atoms with Crippen molar-refractivity contribution >= 4 is 21.9 Å². The minimum atomic E-state index is -0.847. The summed E-state index contributed by atoms with van der Waals surface area (Å²) in [6, 6.07) is 8.99. The molecule has 196 valence electrons. The maximum absolute atomic E-state index is 12.7. The molecule has 6 fully saturated rings. The highest BCUT2D eigenvalue weighted by Crippen LogP contribution is 2.54. The first kappa shape index (κ1) is 25.0. The number of fused-ring (bicyclic) bond motifs is 1. The Morgan fingerprint density at radius 3 is 2.58 bits per heavy atom. The lowest BCUT2D eigenvalue weighted by Gasteiger charge is -2.47. The van der Waals surface area contributed by atoms with Crippen LogP contribution < -0.4 is 0 Å². The summed E-state index contributed by atoms with van der Waals surface area (Å²) in [5.41, 5.74) is 0.516.